The molecule has 2 rings (SSSR count). The molecule has 0 bridgehead atoms. The minimum Gasteiger partial charge on any atom is -0.338 e. The zero-order valence-corrected chi connectivity index (χ0v) is 8.38. The van der Waals surface area contributed by atoms with Crippen LogP contribution in [0.4, 0.5) is 0 Å². The minimum absolute atomic E-state index is 0.494. The van der Waals surface area contributed by atoms with Gasteiger partial charge in [0.05, 0.1) is 11.7 Å². The summed E-state index contributed by atoms with van der Waals surface area (Å²) >= 11 is 0. The maximum Gasteiger partial charge on any atom is 0.105 e. The zero-order valence-electron chi connectivity index (χ0n) is 8.38. The van der Waals surface area contributed by atoms with Crippen LogP contribution in [0, 0.1) is 6.92 Å². The fourth-order valence-electron chi connectivity index (χ4n) is 1.86. The Morgan fingerprint density at radius 3 is 2.92 bits per heavy atom. The van der Waals surface area contributed by atoms with Gasteiger partial charge in [0.25, 0.3) is 0 Å². The van der Waals surface area contributed by atoms with Crippen molar-refractivity contribution in [1.29, 1.82) is 0 Å². The molecule has 0 amide bonds. The summed E-state index contributed by atoms with van der Waals surface area (Å²) in [7, 11) is 2.05. The van der Waals surface area contributed by atoms with Crippen molar-refractivity contribution in [3.63, 3.8) is 0 Å². The molecule has 1 aromatic rings. The molecule has 0 aliphatic carbocycles. The van der Waals surface area contributed by atoms with E-state index in [-0.39, 0.29) is 0 Å². The highest BCUT2D eigenvalue weighted by atomic mass is 15.1. The van der Waals surface area contributed by atoms with Crippen LogP contribution < -0.4 is 5.32 Å². The number of aromatic nitrogens is 2. The molecule has 13 heavy (non-hydrogen) atoms. The number of nitrogens with zero attached hydrogens (tertiary/aromatic N) is 2. The Bertz CT molecular complexity index is 265. The number of piperidine rings is 1. The molecular formula is C10H17N3. The van der Waals surface area contributed by atoms with Crippen molar-refractivity contribution in [2.75, 3.05) is 6.54 Å². The van der Waals surface area contributed by atoms with Gasteiger partial charge in [-0.25, -0.2) is 4.98 Å². The van der Waals surface area contributed by atoms with Gasteiger partial charge in [-0.3, -0.25) is 0 Å². The van der Waals surface area contributed by atoms with Crippen LogP contribution in [0.1, 0.15) is 36.8 Å². The van der Waals surface area contributed by atoms with Crippen LogP contribution >= 0.6 is 0 Å². The van der Waals surface area contributed by atoms with Gasteiger partial charge in [-0.05, 0) is 26.3 Å². The molecule has 1 aliphatic heterocycles. The molecule has 1 N–H and O–H groups in total. The molecule has 72 valence electrons. The Morgan fingerprint density at radius 2 is 2.38 bits per heavy atom. The van der Waals surface area contributed by atoms with Crippen molar-refractivity contribution in [1.82, 2.24) is 14.9 Å². The van der Waals surface area contributed by atoms with Crippen LogP contribution in [-0.2, 0) is 7.05 Å². The van der Waals surface area contributed by atoms with E-state index in [2.05, 4.69) is 28.1 Å². The summed E-state index contributed by atoms with van der Waals surface area (Å²) in [5, 5.41) is 3.50. The maximum atomic E-state index is 4.53. The minimum atomic E-state index is 0.494. The first-order valence-corrected chi connectivity index (χ1v) is 5.00. The molecule has 1 fully saturated rings. The molecule has 1 atom stereocenters. The van der Waals surface area contributed by atoms with E-state index in [9.17, 15) is 0 Å². The van der Waals surface area contributed by atoms with Crippen molar-refractivity contribution >= 4 is 0 Å². The van der Waals surface area contributed by atoms with Crippen LogP contribution in [0.3, 0.4) is 0 Å². The van der Waals surface area contributed by atoms with Gasteiger partial charge in [0.2, 0.25) is 0 Å². The summed E-state index contributed by atoms with van der Waals surface area (Å²) in [5.41, 5.74) is 1.21. The number of nitrogens with one attached hydrogen (secondary N) is 1. The van der Waals surface area contributed by atoms with Crippen LogP contribution in [0.25, 0.3) is 0 Å². The summed E-state index contributed by atoms with van der Waals surface area (Å²) in [6.07, 6.45) is 6.00. The lowest BCUT2D eigenvalue weighted by Crippen LogP contribution is -2.26. The molecule has 0 spiro atoms. The van der Waals surface area contributed by atoms with Crippen LogP contribution in [0.2, 0.25) is 0 Å². The van der Waals surface area contributed by atoms with E-state index in [0.29, 0.717) is 6.04 Å². The molecule has 0 saturated carbocycles. The van der Waals surface area contributed by atoms with E-state index < -0.39 is 0 Å². The van der Waals surface area contributed by atoms with E-state index in [1.165, 1.54) is 25.0 Å². The highest BCUT2D eigenvalue weighted by Crippen LogP contribution is 2.21. The first kappa shape index (κ1) is 8.75. The fraction of sp³-hybridized carbons (Fsp3) is 0.700. The van der Waals surface area contributed by atoms with Gasteiger partial charge in [0.1, 0.15) is 5.82 Å². The number of hydrogen-bond donors (Lipinski definition) is 1. The topological polar surface area (TPSA) is 29.9 Å². The Balaban J connectivity index is 2.14. The van der Waals surface area contributed by atoms with E-state index in [1.54, 1.807) is 0 Å². The second kappa shape index (κ2) is 3.50. The quantitative estimate of drug-likeness (QED) is 0.708. The van der Waals surface area contributed by atoms with Crippen molar-refractivity contribution in [2.45, 2.75) is 32.2 Å². The monoisotopic (exact) mass is 179 g/mol. The van der Waals surface area contributed by atoms with Gasteiger partial charge in [0.15, 0.2) is 0 Å². The smallest absolute Gasteiger partial charge is 0.105 e. The van der Waals surface area contributed by atoms with Crippen molar-refractivity contribution < 1.29 is 0 Å². The third-order valence-electron chi connectivity index (χ3n) is 2.79. The lowest BCUT2D eigenvalue weighted by Gasteiger charge is -2.21. The normalized spacial score (nSPS) is 23.4. The van der Waals surface area contributed by atoms with E-state index in [4.69, 9.17) is 0 Å². The SMILES string of the molecule is Cc1nc(C2CCCCN2)cn1C. The summed E-state index contributed by atoms with van der Waals surface area (Å²) in [6, 6.07) is 0.494. The van der Waals surface area contributed by atoms with E-state index >= 15 is 0 Å². The van der Waals surface area contributed by atoms with E-state index in [0.717, 1.165) is 12.4 Å². The van der Waals surface area contributed by atoms with Crippen molar-refractivity contribution in [3.8, 4) is 0 Å². The highest BCUT2D eigenvalue weighted by molar-refractivity contribution is 5.08. The molecule has 1 aromatic heterocycles. The number of rotatable bonds is 1. The Labute approximate surface area is 79.2 Å². The van der Waals surface area contributed by atoms with Gasteiger partial charge in [-0.2, -0.15) is 0 Å². The van der Waals surface area contributed by atoms with Gasteiger partial charge in [0, 0.05) is 13.2 Å². The second-order valence-electron chi connectivity index (χ2n) is 3.83. The molecule has 0 radical (unpaired) electrons. The first-order valence-electron chi connectivity index (χ1n) is 5.00. The highest BCUT2D eigenvalue weighted by Gasteiger charge is 2.17. The summed E-state index contributed by atoms with van der Waals surface area (Å²) in [6.45, 7) is 3.19. The van der Waals surface area contributed by atoms with Crippen LogP contribution in [0.5, 0.6) is 0 Å². The molecule has 3 heteroatoms. The molecule has 2 heterocycles. The van der Waals surface area contributed by atoms with Crippen LogP contribution in [0.15, 0.2) is 6.20 Å². The molecule has 1 saturated heterocycles. The van der Waals surface area contributed by atoms with Crippen molar-refractivity contribution in [3.05, 3.63) is 17.7 Å². The largest absolute Gasteiger partial charge is 0.338 e. The summed E-state index contributed by atoms with van der Waals surface area (Å²) in [5.74, 6) is 1.10. The Hall–Kier alpha value is -0.830. The molecule has 0 aromatic carbocycles. The standard InChI is InChI=1S/C10H17N3/c1-8-12-10(7-13(8)2)9-5-3-4-6-11-9/h7,9,11H,3-6H2,1-2H3. The first-order chi connectivity index (χ1) is 6.27. The van der Waals surface area contributed by atoms with Gasteiger partial charge in [-0.15, -0.1) is 0 Å². The number of hydrogen-bond acceptors (Lipinski definition) is 2. The Kier molecular flexibility index (Phi) is 2.36. The molecule has 1 aliphatic rings. The molecule has 3 nitrogen and oxygen atoms in total. The number of imidazole rings is 1. The predicted molar refractivity (Wildman–Crippen MR) is 52.5 cm³/mol. The fourth-order valence-corrected chi connectivity index (χ4v) is 1.86. The van der Waals surface area contributed by atoms with Gasteiger partial charge in [-0.1, -0.05) is 6.42 Å². The van der Waals surface area contributed by atoms with Crippen LogP contribution in [-0.4, -0.2) is 16.1 Å². The van der Waals surface area contributed by atoms with Gasteiger partial charge < -0.3 is 9.88 Å². The average Bonchev–Trinajstić information content (AvgIpc) is 2.49. The Morgan fingerprint density at radius 1 is 1.54 bits per heavy atom. The summed E-state index contributed by atoms with van der Waals surface area (Å²) < 4.78 is 2.09. The number of aryl methyl sites for hydroxylation is 2. The lowest BCUT2D eigenvalue weighted by molar-refractivity contribution is 0.406. The summed E-state index contributed by atoms with van der Waals surface area (Å²) in [4.78, 5) is 4.53. The second-order valence-corrected chi connectivity index (χ2v) is 3.83. The third-order valence-corrected chi connectivity index (χ3v) is 2.79. The van der Waals surface area contributed by atoms with E-state index in [1.807, 2.05) is 6.92 Å². The lowest BCUT2D eigenvalue weighted by atomic mass is 10.0. The average molecular weight is 179 g/mol. The molecular weight excluding hydrogens is 162 g/mol. The van der Waals surface area contributed by atoms with Gasteiger partial charge >= 0.3 is 0 Å². The van der Waals surface area contributed by atoms with Crippen molar-refractivity contribution in [2.24, 2.45) is 7.05 Å². The third kappa shape index (κ3) is 1.75. The zero-order chi connectivity index (χ0) is 9.26. The maximum absolute atomic E-state index is 4.53. The molecule has 1 unspecified atom stereocenters. The predicted octanol–water partition coefficient (Wildman–Crippen LogP) is 1.54.